The summed E-state index contributed by atoms with van der Waals surface area (Å²) < 4.78 is 12.7. The summed E-state index contributed by atoms with van der Waals surface area (Å²) in [6.45, 7) is 0. The lowest BCUT2D eigenvalue weighted by molar-refractivity contribution is 0.355. The lowest BCUT2D eigenvalue weighted by Gasteiger charge is -2.09. The topological polar surface area (TPSA) is 88.8 Å². The van der Waals surface area contributed by atoms with Crippen molar-refractivity contribution in [2.24, 2.45) is 0 Å². The molecule has 1 N–H and O–H groups in total. The van der Waals surface area contributed by atoms with E-state index in [0.717, 1.165) is 27.8 Å². The lowest BCUT2D eigenvalue weighted by Crippen LogP contribution is -1.95. The normalized spacial score (nSPS) is 11.4. The quantitative estimate of drug-likeness (QED) is 0.347. The third kappa shape index (κ3) is 3.89. The molecule has 7 nitrogen and oxygen atoms in total. The predicted octanol–water partition coefficient (Wildman–Crippen LogP) is 5.50. The molecule has 0 aliphatic rings. The van der Waals surface area contributed by atoms with E-state index in [-0.39, 0.29) is 0 Å². The van der Waals surface area contributed by atoms with Gasteiger partial charge in [0.15, 0.2) is 11.5 Å². The summed E-state index contributed by atoms with van der Waals surface area (Å²) in [6, 6.07) is 25.4. The van der Waals surface area contributed by atoms with Crippen molar-refractivity contribution in [1.82, 2.24) is 19.7 Å². The molecule has 5 rings (SSSR count). The van der Waals surface area contributed by atoms with Gasteiger partial charge in [0.1, 0.15) is 17.6 Å². The molecule has 3 aromatic carbocycles. The third-order valence-electron chi connectivity index (χ3n) is 5.49. The van der Waals surface area contributed by atoms with Crippen LogP contribution in [0.25, 0.3) is 39.6 Å². The van der Waals surface area contributed by atoms with Crippen molar-refractivity contribution in [3.8, 4) is 34.5 Å². The zero-order chi connectivity index (χ0) is 23.5. The first-order valence-electron chi connectivity index (χ1n) is 10.6. The van der Waals surface area contributed by atoms with Gasteiger partial charge in [0.2, 0.25) is 0 Å². The molecule has 166 valence electrons. The number of nitrogens with zero attached hydrogens (tertiary/aromatic N) is 4. The number of hydrogen-bond donors (Lipinski definition) is 1. The largest absolute Gasteiger partial charge is 0.493 e. The molecule has 0 bridgehead atoms. The number of imidazole rings is 1. The maximum absolute atomic E-state index is 9.96. The number of hydrogen-bond acceptors (Lipinski definition) is 5. The second-order valence-corrected chi connectivity index (χ2v) is 7.56. The fraction of sp³-hybridized carbons (Fsp3) is 0.0741. The van der Waals surface area contributed by atoms with E-state index in [9.17, 15) is 5.26 Å². The zero-order valence-corrected chi connectivity index (χ0v) is 18.7. The number of aromatic nitrogens is 4. The van der Waals surface area contributed by atoms with Crippen LogP contribution in [0.15, 0.2) is 79.0 Å². The number of H-pyrrole nitrogens is 1. The summed E-state index contributed by atoms with van der Waals surface area (Å²) in [5, 5.41) is 14.8. The van der Waals surface area contributed by atoms with Crippen molar-refractivity contribution in [3.63, 3.8) is 0 Å². The van der Waals surface area contributed by atoms with Gasteiger partial charge in [0.25, 0.3) is 0 Å². The molecule has 0 saturated heterocycles. The van der Waals surface area contributed by atoms with Crippen LogP contribution in [0.4, 0.5) is 0 Å². The number of fused-ring (bicyclic) bond motifs is 1. The second kappa shape index (κ2) is 8.96. The maximum atomic E-state index is 9.96. The van der Waals surface area contributed by atoms with Crippen LogP contribution in [0.5, 0.6) is 11.5 Å². The van der Waals surface area contributed by atoms with Gasteiger partial charge in [-0.05, 0) is 48.5 Å². The fourth-order valence-corrected chi connectivity index (χ4v) is 3.80. The van der Waals surface area contributed by atoms with Gasteiger partial charge in [-0.25, -0.2) is 9.67 Å². The van der Waals surface area contributed by atoms with Gasteiger partial charge in [0.05, 0.1) is 36.5 Å². The molecule has 0 radical (unpaired) electrons. The monoisotopic (exact) mass is 447 g/mol. The van der Waals surface area contributed by atoms with Gasteiger partial charge >= 0.3 is 0 Å². The first kappa shape index (κ1) is 21.0. The number of rotatable bonds is 6. The minimum Gasteiger partial charge on any atom is -0.493 e. The molecule has 0 spiro atoms. The first-order valence-corrected chi connectivity index (χ1v) is 10.6. The highest BCUT2D eigenvalue weighted by molar-refractivity contribution is 5.92. The molecule has 7 heteroatoms. The average Bonchev–Trinajstić information content (AvgIpc) is 3.51. The Labute approximate surface area is 196 Å². The molecule has 0 fully saturated rings. The summed E-state index contributed by atoms with van der Waals surface area (Å²) in [5.41, 5.74) is 5.30. The van der Waals surface area contributed by atoms with E-state index in [1.807, 2.05) is 79.0 Å². The van der Waals surface area contributed by atoms with Crippen molar-refractivity contribution in [3.05, 3.63) is 90.4 Å². The summed E-state index contributed by atoms with van der Waals surface area (Å²) in [7, 11) is 3.20. The molecule has 0 aliphatic heterocycles. The molecule has 0 amide bonds. The molecule has 0 aliphatic carbocycles. The van der Waals surface area contributed by atoms with Crippen LogP contribution in [0.1, 0.15) is 11.4 Å². The number of nitriles is 1. The number of nitrogens with one attached hydrogen (secondary N) is 1. The number of para-hydroxylation sites is 3. The van der Waals surface area contributed by atoms with Crippen LogP contribution in [-0.2, 0) is 0 Å². The number of benzene rings is 3. The number of aromatic amines is 1. The van der Waals surface area contributed by atoms with Gasteiger partial charge in [-0.1, -0.05) is 30.3 Å². The zero-order valence-electron chi connectivity index (χ0n) is 18.7. The summed E-state index contributed by atoms with van der Waals surface area (Å²) in [4.78, 5) is 7.82. The molecular formula is C27H21N5O2. The van der Waals surface area contributed by atoms with Gasteiger partial charge < -0.3 is 14.5 Å². The summed E-state index contributed by atoms with van der Waals surface area (Å²) in [5.74, 6) is 1.74. The first-order chi connectivity index (χ1) is 16.7. The SMILES string of the molecule is COc1ccc(-c2nn(-c3ccccc3)cc2/C=C(\C#N)c2nc3ccccc3[nH]2)cc1OC. The Morgan fingerprint density at radius 1 is 0.971 bits per heavy atom. The van der Waals surface area contributed by atoms with E-state index in [2.05, 4.69) is 16.0 Å². The highest BCUT2D eigenvalue weighted by Gasteiger charge is 2.16. The Morgan fingerprint density at radius 2 is 1.74 bits per heavy atom. The Morgan fingerprint density at radius 3 is 2.47 bits per heavy atom. The van der Waals surface area contributed by atoms with Gasteiger partial charge in [-0.3, -0.25) is 0 Å². The highest BCUT2D eigenvalue weighted by atomic mass is 16.5. The minimum atomic E-state index is 0.408. The molecule has 0 saturated carbocycles. The number of allylic oxidation sites excluding steroid dienone is 1. The maximum Gasteiger partial charge on any atom is 0.161 e. The van der Waals surface area contributed by atoms with E-state index in [4.69, 9.17) is 14.6 Å². The van der Waals surface area contributed by atoms with Crippen LogP contribution >= 0.6 is 0 Å². The van der Waals surface area contributed by atoms with E-state index < -0.39 is 0 Å². The molecule has 34 heavy (non-hydrogen) atoms. The van der Waals surface area contributed by atoms with Crippen LogP contribution in [0, 0.1) is 11.3 Å². The summed E-state index contributed by atoms with van der Waals surface area (Å²) >= 11 is 0. The molecule has 0 unspecified atom stereocenters. The predicted molar refractivity (Wildman–Crippen MR) is 132 cm³/mol. The molecule has 0 atom stereocenters. The van der Waals surface area contributed by atoms with E-state index in [1.54, 1.807) is 25.0 Å². The number of methoxy groups -OCH3 is 2. The Balaban J connectivity index is 1.67. The van der Waals surface area contributed by atoms with Crippen molar-refractivity contribution in [2.45, 2.75) is 0 Å². The standard InChI is InChI=1S/C27H21N5O2/c1-33-24-13-12-18(15-25(24)34-2)26-20(17-32(31-26)21-8-4-3-5-9-21)14-19(16-28)27-29-22-10-6-7-11-23(22)30-27/h3-15,17H,1-2H3,(H,29,30)/b19-14+. The van der Waals surface area contributed by atoms with Crippen molar-refractivity contribution < 1.29 is 9.47 Å². The van der Waals surface area contributed by atoms with Crippen LogP contribution in [0.3, 0.4) is 0 Å². The minimum absolute atomic E-state index is 0.408. The molecule has 2 aromatic heterocycles. The van der Waals surface area contributed by atoms with Gasteiger partial charge in [0, 0.05) is 17.3 Å². The Hall–Kier alpha value is -4.83. The van der Waals surface area contributed by atoms with Gasteiger partial charge in [-0.15, -0.1) is 0 Å². The lowest BCUT2D eigenvalue weighted by atomic mass is 10.1. The van der Waals surface area contributed by atoms with E-state index in [1.165, 1.54) is 0 Å². The van der Waals surface area contributed by atoms with E-state index in [0.29, 0.717) is 28.6 Å². The highest BCUT2D eigenvalue weighted by Crippen LogP contribution is 2.34. The Bertz CT molecular complexity index is 1510. The van der Waals surface area contributed by atoms with E-state index >= 15 is 0 Å². The van der Waals surface area contributed by atoms with Gasteiger partial charge in [-0.2, -0.15) is 10.4 Å². The number of ether oxygens (including phenoxy) is 2. The molecular weight excluding hydrogens is 426 g/mol. The van der Waals surface area contributed by atoms with Crippen molar-refractivity contribution in [2.75, 3.05) is 14.2 Å². The smallest absolute Gasteiger partial charge is 0.161 e. The van der Waals surface area contributed by atoms with Crippen molar-refractivity contribution >= 4 is 22.7 Å². The Kier molecular flexibility index (Phi) is 5.55. The second-order valence-electron chi connectivity index (χ2n) is 7.56. The van der Waals surface area contributed by atoms with Crippen molar-refractivity contribution in [1.29, 1.82) is 5.26 Å². The fourth-order valence-electron chi connectivity index (χ4n) is 3.80. The molecule has 5 aromatic rings. The van der Waals surface area contributed by atoms with Crippen LogP contribution in [0.2, 0.25) is 0 Å². The third-order valence-corrected chi connectivity index (χ3v) is 5.49. The van der Waals surface area contributed by atoms with Crippen LogP contribution < -0.4 is 9.47 Å². The summed E-state index contributed by atoms with van der Waals surface area (Å²) in [6.07, 6.45) is 3.71. The average molecular weight is 447 g/mol. The van der Waals surface area contributed by atoms with Crippen LogP contribution in [-0.4, -0.2) is 34.0 Å². The molecule has 2 heterocycles.